The Morgan fingerprint density at radius 2 is 1.87 bits per heavy atom. The van der Waals surface area contributed by atoms with Crippen LogP contribution in [-0.4, -0.2) is 43.0 Å². The van der Waals surface area contributed by atoms with Crippen molar-refractivity contribution in [2.45, 2.75) is 18.4 Å². The van der Waals surface area contributed by atoms with Crippen LogP contribution in [-0.2, 0) is 21.4 Å². The number of anilines is 1. The number of halogens is 2. The Morgan fingerprint density at radius 1 is 1.11 bits per heavy atom. The first-order chi connectivity index (χ1) is 18.0. The fraction of sp³-hybridized carbons (Fsp3) is 0.200. The van der Waals surface area contributed by atoms with Gasteiger partial charge in [0.15, 0.2) is 0 Å². The molecule has 38 heavy (non-hydrogen) atoms. The lowest BCUT2D eigenvalue weighted by Gasteiger charge is -2.14. The number of nitrogens with zero attached hydrogens (tertiary/aromatic N) is 3. The first kappa shape index (κ1) is 26.7. The van der Waals surface area contributed by atoms with E-state index in [4.69, 9.17) is 4.74 Å². The Kier molecular flexibility index (Phi) is 7.39. The van der Waals surface area contributed by atoms with Gasteiger partial charge < -0.3 is 10.1 Å². The molecule has 2 aromatic heterocycles. The van der Waals surface area contributed by atoms with Gasteiger partial charge in [-0.25, -0.2) is 27.2 Å². The molecule has 2 aromatic carbocycles. The number of carbonyl (C=O) groups is 1. The van der Waals surface area contributed by atoms with Crippen molar-refractivity contribution in [1.29, 1.82) is 0 Å². The molecule has 0 fully saturated rings. The molecule has 1 atom stereocenters. The number of benzene rings is 2. The molecule has 13 heteroatoms. The highest BCUT2D eigenvalue weighted by atomic mass is 32.2. The van der Waals surface area contributed by atoms with Crippen molar-refractivity contribution in [1.82, 2.24) is 19.9 Å². The summed E-state index contributed by atoms with van der Waals surface area (Å²) in [4.78, 5) is 32.7. The molecule has 198 valence electrons. The van der Waals surface area contributed by atoms with Gasteiger partial charge in [0.1, 0.15) is 22.2 Å². The number of nitrogens with one attached hydrogen (secondary N) is 2. The Morgan fingerprint density at radius 3 is 2.55 bits per heavy atom. The maximum atomic E-state index is 14.2. The minimum Gasteiger partial charge on any atom is -0.480 e. The van der Waals surface area contributed by atoms with Crippen molar-refractivity contribution >= 4 is 32.5 Å². The van der Waals surface area contributed by atoms with Gasteiger partial charge in [0.25, 0.3) is 15.6 Å². The van der Waals surface area contributed by atoms with Crippen LogP contribution in [0.4, 0.5) is 14.5 Å². The quantitative estimate of drug-likeness (QED) is 0.349. The summed E-state index contributed by atoms with van der Waals surface area (Å²) in [5.41, 5.74) is 0.894. The highest BCUT2D eigenvalue weighted by molar-refractivity contribution is 7.92. The van der Waals surface area contributed by atoms with Crippen LogP contribution in [0.2, 0.25) is 0 Å². The third-order valence-corrected chi connectivity index (χ3v) is 7.19. The summed E-state index contributed by atoms with van der Waals surface area (Å²) in [6.45, 7) is 1.82. The number of pyridine rings is 1. The average Bonchev–Trinajstić information content (AvgIpc) is 2.89. The molecule has 2 N–H and O–H groups in total. The highest BCUT2D eigenvalue weighted by Crippen LogP contribution is 2.31. The number of methoxy groups -OCH3 is 1. The van der Waals surface area contributed by atoms with Gasteiger partial charge in [-0.3, -0.25) is 18.9 Å². The molecule has 4 aromatic rings. The van der Waals surface area contributed by atoms with E-state index in [1.165, 1.54) is 37.3 Å². The zero-order valence-corrected chi connectivity index (χ0v) is 21.3. The molecule has 2 heterocycles. The maximum absolute atomic E-state index is 14.2. The summed E-state index contributed by atoms with van der Waals surface area (Å²) in [7, 11) is -1.67. The standard InChI is InChI=1S/C25H23F2N5O5S/c1-14(23(33)28-2)12-32-13-30-20-6-4-15(8-18(20)25(32)34)16-9-21(24(37-3)29-11-16)31-38(35,36)22-7-5-17(26)10-19(22)27/h4-11,13-14,31H,12H2,1-3H3,(H,28,33)/t14-/m1/s1. The lowest BCUT2D eigenvalue weighted by molar-refractivity contribution is -0.124. The van der Waals surface area contributed by atoms with Crippen LogP contribution < -0.4 is 20.3 Å². The molecular formula is C25H23F2N5O5S. The predicted octanol–water partition coefficient (Wildman–Crippen LogP) is 2.93. The lowest BCUT2D eigenvalue weighted by atomic mass is 10.0. The molecule has 0 aliphatic carbocycles. The Hall–Kier alpha value is -4.39. The van der Waals surface area contributed by atoms with Crippen molar-refractivity contribution in [3.05, 3.63) is 77.0 Å². The molecule has 0 aliphatic rings. The zero-order valence-electron chi connectivity index (χ0n) is 20.5. The van der Waals surface area contributed by atoms with Crippen molar-refractivity contribution < 1.29 is 26.7 Å². The van der Waals surface area contributed by atoms with Gasteiger partial charge in [-0.1, -0.05) is 13.0 Å². The number of carbonyl (C=O) groups excluding carboxylic acids is 1. The number of rotatable bonds is 8. The minimum atomic E-state index is -4.47. The second-order valence-electron chi connectivity index (χ2n) is 8.41. The van der Waals surface area contributed by atoms with Gasteiger partial charge in [0, 0.05) is 31.4 Å². The minimum absolute atomic E-state index is 0.0900. The molecule has 0 radical (unpaired) electrons. The van der Waals surface area contributed by atoms with E-state index in [0.717, 1.165) is 12.1 Å². The fourth-order valence-electron chi connectivity index (χ4n) is 3.83. The van der Waals surface area contributed by atoms with Crippen LogP contribution in [0.5, 0.6) is 5.88 Å². The Bertz CT molecular complexity index is 1710. The molecule has 0 saturated heterocycles. The van der Waals surface area contributed by atoms with E-state index in [2.05, 4.69) is 20.0 Å². The molecule has 0 bridgehead atoms. The summed E-state index contributed by atoms with van der Waals surface area (Å²) in [6.07, 6.45) is 2.79. The largest absolute Gasteiger partial charge is 0.480 e. The van der Waals surface area contributed by atoms with Gasteiger partial charge in [-0.2, -0.15) is 0 Å². The fourth-order valence-corrected chi connectivity index (χ4v) is 4.94. The van der Waals surface area contributed by atoms with Gasteiger partial charge in [0.2, 0.25) is 11.8 Å². The van der Waals surface area contributed by atoms with Crippen LogP contribution in [0.1, 0.15) is 6.92 Å². The predicted molar refractivity (Wildman–Crippen MR) is 136 cm³/mol. The molecule has 10 nitrogen and oxygen atoms in total. The second-order valence-corrected chi connectivity index (χ2v) is 10.1. The topological polar surface area (TPSA) is 132 Å². The van der Waals surface area contributed by atoms with Gasteiger partial charge in [-0.05, 0) is 35.9 Å². The van der Waals surface area contributed by atoms with Crippen molar-refractivity contribution in [3.63, 3.8) is 0 Å². The van der Waals surface area contributed by atoms with Gasteiger partial charge >= 0.3 is 0 Å². The smallest absolute Gasteiger partial charge is 0.264 e. The number of amides is 1. The number of aromatic nitrogens is 3. The Labute approximate surface area is 216 Å². The molecule has 0 aliphatic heterocycles. The number of sulfonamides is 1. The van der Waals surface area contributed by atoms with Crippen molar-refractivity contribution in [2.75, 3.05) is 18.9 Å². The third-order valence-electron chi connectivity index (χ3n) is 5.79. The first-order valence-electron chi connectivity index (χ1n) is 11.3. The Balaban J connectivity index is 1.73. The highest BCUT2D eigenvalue weighted by Gasteiger charge is 2.22. The summed E-state index contributed by atoms with van der Waals surface area (Å²) >= 11 is 0. The molecule has 0 spiro atoms. The van der Waals surface area contributed by atoms with Crippen LogP contribution in [0.3, 0.4) is 0 Å². The molecule has 0 saturated carbocycles. The molecule has 1 amide bonds. The van der Waals surface area contributed by atoms with Crippen molar-refractivity contribution in [2.24, 2.45) is 5.92 Å². The number of hydrogen-bond acceptors (Lipinski definition) is 7. The maximum Gasteiger partial charge on any atom is 0.264 e. The van der Waals surface area contributed by atoms with Crippen LogP contribution in [0, 0.1) is 17.6 Å². The van der Waals surface area contributed by atoms with Crippen molar-refractivity contribution in [3.8, 4) is 17.0 Å². The normalized spacial score (nSPS) is 12.2. The van der Waals surface area contributed by atoms with E-state index in [1.807, 2.05) is 0 Å². The summed E-state index contributed by atoms with van der Waals surface area (Å²) in [6, 6.07) is 8.39. The number of hydrogen-bond donors (Lipinski definition) is 2. The van der Waals surface area contributed by atoms with E-state index in [1.54, 1.807) is 25.1 Å². The second kappa shape index (κ2) is 10.5. The lowest BCUT2D eigenvalue weighted by Crippen LogP contribution is -2.32. The summed E-state index contributed by atoms with van der Waals surface area (Å²) < 4.78 is 61.8. The van der Waals surface area contributed by atoms with Crippen LogP contribution >= 0.6 is 0 Å². The summed E-state index contributed by atoms with van der Waals surface area (Å²) in [5, 5.41) is 2.82. The van der Waals surface area contributed by atoms with E-state index >= 15 is 0 Å². The van der Waals surface area contributed by atoms with Crippen LogP contribution in [0.25, 0.3) is 22.0 Å². The van der Waals surface area contributed by atoms with E-state index in [9.17, 15) is 26.8 Å². The van der Waals surface area contributed by atoms with Crippen LogP contribution in [0.15, 0.2) is 64.7 Å². The molecule has 0 unspecified atom stereocenters. The van der Waals surface area contributed by atoms with Gasteiger partial charge in [-0.15, -0.1) is 0 Å². The van der Waals surface area contributed by atoms with E-state index in [-0.39, 0.29) is 35.0 Å². The van der Waals surface area contributed by atoms with E-state index < -0.39 is 32.5 Å². The van der Waals surface area contributed by atoms with E-state index in [0.29, 0.717) is 22.7 Å². The number of fused-ring (bicyclic) bond motifs is 1. The molecular weight excluding hydrogens is 520 g/mol. The first-order valence-corrected chi connectivity index (χ1v) is 12.8. The zero-order chi connectivity index (χ0) is 27.6. The third kappa shape index (κ3) is 5.32. The number of ether oxygens (including phenoxy) is 1. The average molecular weight is 544 g/mol. The molecule has 4 rings (SSSR count). The summed E-state index contributed by atoms with van der Waals surface area (Å²) in [5.74, 6) is -2.95. The monoisotopic (exact) mass is 543 g/mol. The SMILES string of the molecule is CNC(=O)[C@H](C)Cn1cnc2ccc(-c3cnc(OC)c(NS(=O)(=O)c4ccc(F)cc4F)c3)cc2c1=O. The van der Waals surface area contributed by atoms with Gasteiger partial charge in [0.05, 0.1) is 30.3 Å².